The number of carbonyl (C=O) groups is 1. The Bertz CT molecular complexity index is 645. The second-order valence-electron chi connectivity index (χ2n) is 3.88. The van der Waals surface area contributed by atoms with Gasteiger partial charge in [-0.1, -0.05) is 18.2 Å². The van der Waals surface area contributed by atoms with E-state index >= 15 is 0 Å². The SMILES string of the molecule is Nc1ccc(/C=C/C(=O)NO)cc1.O=S([O-])c1ccccn1. The highest BCUT2D eigenvalue weighted by Gasteiger charge is 1.90. The first kappa shape index (κ1) is 17.5. The summed E-state index contributed by atoms with van der Waals surface area (Å²) in [6, 6.07) is 11.7. The van der Waals surface area contributed by atoms with Crippen LogP contribution in [0.5, 0.6) is 0 Å². The molecule has 1 amide bonds. The van der Waals surface area contributed by atoms with Gasteiger partial charge in [-0.15, -0.1) is 0 Å². The average molecular weight is 320 g/mol. The third kappa shape index (κ3) is 6.75. The topological polar surface area (TPSA) is 128 Å². The minimum atomic E-state index is -2.19. The Kier molecular flexibility index (Phi) is 7.48. The molecule has 1 aromatic carbocycles. The van der Waals surface area contributed by atoms with Crippen molar-refractivity contribution in [1.82, 2.24) is 10.5 Å². The molecule has 8 heteroatoms. The Labute approximate surface area is 129 Å². The molecule has 22 heavy (non-hydrogen) atoms. The van der Waals surface area contributed by atoms with Crippen LogP contribution in [0, 0.1) is 0 Å². The molecule has 1 unspecified atom stereocenters. The zero-order chi connectivity index (χ0) is 16.4. The summed E-state index contributed by atoms with van der Waals surface area (Å²) in [5, 5.41) is 8.27. The van der Waals surface area contributed by atoms with Crippen LogP contribution in [0.4, 0.5) is 5.69 Å². The Hall–Kier alpha value is -2.55. The lowest BCUT2D eigenvalue weighted by molar-refractivity contribution is -0.124. The number of nitrogens with zero attached hydrogens (tertiary/aromatic N) is 1. The number of amides is 1. The van der Waals surface area contributed by atoms with Gasteiger partial charge in [0.25, 0.3) is 5.91 Å². The monoisotopic (exact) mass is 320 g/mol. The van der Waals surface area contributed by atoms with Gasteiger partial charge in [-0.3, -0.25) is 14.2 Å². The van der Waals surface area contributed by atoms with Crippen molar-refractivity contribution in [3.63, 3.8) is 0 Å². The van der Waals surface area contributed by atoms with Gasteiger partial charge in [0.1, 0.15) is 5.03 Å². The Balaban J connectivity index is 0.000000235. The molecule has 2 rings (SSSR count). The second kappa shape index (κ2) is 9.40. The Morgan fingerprint density at radius 2 is 1.95 bits per heavy atom. The molecule has 0 bridgehead atoms. The van der Waals surface area contributed by atoms with Gasteiger partial charge in [-0.2, -0.15) is 0 Å². The third-order valence-electron chi connectivity index (χ3n) is 2.28. The van der Waals surface area contributed by atoms with E-state index < -0.39 is 17.0 Å². The molecule has 0 aliphatic rings. The molecule has 0 spiro atoms. The smallest absolute Gasteiger partial charge is 0.267 e. The second-order valence-corrected chi connectivity index (χ2v) is 4.77. The first-order valence-corrected chi connectivity index (χ1v) is 7.08. The summed E-state index contributed by atoms with van der Waals surface area (Å²) in [6.07, 6.45) is 4.24. The molecule has 0 saturated carbocycles. The fourth-order valence-electron chi connectivity index (χ4n) is 1.26. The minimum Gasteiger partial charge on any atom is -0.767 e. The highest BCUT2D eigenvalue weighted by atomic mass is 32.2. The van der Waals surface area contributed by atoms with E-state index in [9.17, 15) is 13.6 Å². The zero-order valence-electron chi connectivity index (χ0n) is 11.4. The van der Waals surface area contributed by atoms with Crippen LogP contribution in [0.2, 0.25) is 0 Å². The van der Waals surface area contributed by atoms with Crippen LogP contribution < -0.4 is 11.2 Å². The van der Waals surface area contributed by atoms with Gasteiger partial charge in [-0.25, -0.2) is 10.5 Å². The Morgan fingerprint density at radius 3 is 2.41 bits per heavy atom. The van der Waals surface area contributed by atoms with Crippen molar-refractivity contribution in [3.05, 3.63) is 60.3 Å². The summed E-state index contributed by atoms with van der Waals surface area (Å²) >= 11 is -2.19. The zero-order valence-corrected chi connectivity index (χ0v) is 12.2. The van der Waals surface area contributed by atoms with Gasteiger partial charge < -0.3 is 10.3 Å². The van der Waals surface area contributed by atoms with Gasteiger partial charge in [0.05, 0.1) is 0 Å². The summed E-state index contributed by atoms with van der Waals surface area (Å²) < 4.78 is 20.3. The van der Waals surface area contributed by atoms with Crippen LogP contribution >= 0.6 is 0 Å². The molecular formula is C14H14N3O4S-. The van der Waals surface area contributed by atoms with Crippen LogP contribution in [0.25, 0.3) is 6.08 Å². The van der Waals surface area contributed by atoms with E-state index in [2.05, 4.69) is 4.98 Å². The first-order chi connectivity index (χ1) is 10.5. The molecule has 0 fully saturated rings. The highest BCUT2D eigenvalue weighted by molar-refractivity contribution is 7.79. The van der Waals surface area contributed by atoms with Gasteiger partial charge in [0.15, 0.2) is 0 Å². The van der Waals surface area contributed by atoms with Crippen molar-refractivity contribution in [3.8, 4) is 0 Å². The molecule has 0 aliphatic heterocycles. The first-order valence-electron chi connectivity index (χ1n) is 6.01. The summed E-state index contributed by atoms with van der Waals surface area (Å²) in [7, 11) is 0. The molecule has 116 valence electrons. The quantitative estimate of drug-likeness (QED) is 0.255. The molecule has 0 aliphatic carbocycles. The number of nitrogen functional groups attached to an aromatic ring is 1. The number of rotatable bonds is 3. The summed E-state index contributed by atoms with van der Waals surface area (Å²) in [6.45, 7) is 0. The van der Waals surface area contributed by atoms with Crippen LogP contribution in [-0.4, -0.2) is 24.9 Å². The van der Waals surface area contributed by atoms with E-state index in [1.54, 1.807) is 42.5 Å². The normalized spacial score (nSPS) is 11.4. The van der Waals surface area contributed by atoms with Crippen molar-refractivity contribution in [2.24, 2.45) is 0 Å². The summed E-state index contributed by atoms with van der Waals surface area (Å²) in [5.41, 5.74) is 8.48. The number of pyridine rings is 1. The number of benzene rings is 1. The third-order valence-corrected chi connectivity index (χ3v) is 2.87. The van der Waals surface area contributed by atoms with Gasteiger partial charge in [0, 0.05) is 18.0 Å². The lowest BCUT2D eigenvalue weighted by Gasteiger charge is -2.00. The standard InChI is InChI=1S/C9H10N2O2.C5H5NO2S/c10-8-4-1-7(2-5-8)3-6-9(12)11-13;7-9(8)5-3-1-2-4-6-5/h1-6,13H,10H2,(H,11,12);1-4H,(H,7,8)/p-1/b6-3+;. The number of carbonyl (C=O) groups excluding carboxylic acids is 1. The van der Waals surface area contributed by atoms with Gasteiger partial charge in [-0.05, 0) is 47.0 Å². The lowest BCUT2D eigenvalue weighted by Crippen LogP contribution is -2.14. The van der Waals surface area contributed by atoms with E-state index in [0.29, 0.717) is 5.69 Å². The fourth-order valence-corrected chi connectivity index (χ4v) is 1.60. The lowest BCUT2D eigenvalue weighted by atomic mass is 10.2. The number of nitrogens with two attached hydrogens (primary N) is 1. The predicted octanol–water partition coefficient (Wildman–Crippen LogP) is 1.11. The van der Waals surface area contributed by atoms with Crippen LogP contribution in [-0.2, 0) is 15.9 Å². The van der Waals surface area contributed by atoms with Crippen LogP contribution in [0.1, 0.15) is 5.56 Å². The summed E-state index contributed by atoms with van der Waals surface area (Å²) in [4.78, 5) is 14.1. The molecule has 0 radical (unpaired) electrons. The fraction of sp³-hybridized carbons (Fsp3) is 0. The van der Waals surface area contributed by atoms with Crippen molar-refractivity contribution in [2.75, 3.05) is 5.73 Å². The minimum absolute atomic E-state index is 0.0810. The number of anilines is 1. The molecule has 1 atom stereocenters. The maximum atomic E-state index is 10.6. The molecule has 1 aromatic heterocycles. The maximum Gasteiger partial charge on any atom is 0.267 e. The largest absolute Gasteiger partial charge is 0.767 e. The van der Waals surface area contributed by atoms with Crippen molar-refractivity contribution in [1.29, 1.82) is 0 Å². The predicted molar refractivity (Wildman–Crippen MR) is 81.2 cm³/mol. The van der Waals surface area contributed by atoms with E-state index in [4.69, 9.17) is 10.9 Å². The van der Waals surface area contributed by atoms with Gasteiger partial charge in [0.2, 0.25) is 0 Å². The highest BCUT2D eigenvalue weighted by Crippen LogP contribution is 2.06. The number of hydrogen-bond acceptors (Lipinski definition) is 6. The van der Waals surface area contributed by atoms with Crippen molar-refractivity contribution >= 4 is 28.8 Å². The number of hydroxylamine groups is 1. The van der Waals surface area contributed by atoms with Crippen LogP contribution in [0.15, 0.2) is 59.8 Å². The van der Waals surface area contributed by atoms with Crippen molar-refractivity contribution in [2.45, 2.75) is 5.03 Å². The summed E-state index contributed by atoms with van der Waals surface area (Å²) in [5.74, 6) is -0.558. The molecule has 1 heterocycles. The maximum absolute atomic E-state index is 10.6. The van der Waals surface area contributed by atoms with E-state index in [0.717, 1.165) is 5.56 Å². The molecule has 4 N–H and O–H groups in total. The van der Waals surface area contributed by atoms with Crippen LogP contribution in [0.3, 0.4) is 0 Å². The molecule has 7 nitrogen and oxygen atoms in total. The Morgan fingerprint density at radius 1 is 1.27 bits per heavy atom. The van der Waals surface area contributed by atoms with E-state index in [-0.39, 0.29) is 5.03 Å². The van der Waals surface area contributed by atoms with Crippen molar-refractivity contribution < 1.29 is 18.8 Å². The van der Waals surface area contributed by atoms with E-state index in [1.165, 1.54) is 23.8 Å². The molecule has 0 saturated heterocycles. The van der Waals surface area contributed by atoms with E-state index in [1.807, 2.05) is 0 Å². The molecular weight excluding hydrogens is 306 g/mol. The number of hydrogen-bond donors (Lipinski definition) is 3. The average Bonchev–Trinajstić information content (AvgIpc) is 2.55. The van der Waals surface area contributed by atoms with Gasteiger partial charge >= 0.3 is 0 Å². The molecule has 2 aromatic rings. The number of aromatic nitrogens is 1. The number of nitrogens with one attached hydrogen (secondary N) is 1.